The van der Waals surface area contributed by atoms with Crippen LogP contribution >= 0.6 is 0 Å². The highest BCUT2D eigenvalue weighted by Gasteiger charge is 2.45. The molecular weight excluding hydrogens is 252 g/mol. The SMILES string of the molecule is CCCNC1(C(=O)O)CCCC(N2CCC(C)(C)C2)C1. The average Bonchev–Trinajstić information content (AvgIpc) is 2.77. The molecule has 0 spiro atoms. The van der Waals surface area contributed by atoms with E-state index in [-0.39, 0.29) is 0 Å². The normalized spacial score (nSPS) is 34.2. The molecule has 0 radical (unpaired) electrons. The monoisotopic (exact) mass is 282 g/mol. The molecule has 0 bridgehead atoms. The minimum Gasteiger partial charge on any atom is -0.480 e. The van der Waals surface area contributed by atoms with Crippen LogP contribution in [0.1, 0.15) is 59.3 Å². The lowest BCUT2D eigenvalue weighted by Gasteiger charge is -2.42. The molecule has 0 amide bonds. The third-order valence-electron chi connectivity index (χ3n) is 5.07. The smallest absolute Gasteiger partial charge is 0.323 e. The number of hydrogen-bond acceptors (Lipinski definition) is 3. The fraction of sp³-hybridized carbons (Fsp3) is 0.938. The molecule has 1 saturated heterocycles. The summed E-state index contributed by atoms with van der Waals surface area (Å²) < 4.78 is 0. The van der Waals surface area contributed by atoms with Crippen molar-refractivity contribution in [3.63, 3.8) is 0 Å². The molecular formula is C16H30N2O2. The summed E-state index contributed by atoms with van der Waals surface area (Å²) in [6.07, 6.45) is 5.92. The molecule has 1 aliphatic heterocycles. The molecule has 116 valence electrons. The van der Waals surface area contributed by atoms with Crippen LogP contribution in [0.15, 0.2) is 0 Å². The molecule has 2 atom stereocenters. The first-order valence-corrected chi connectivity index (χ1v) is 8.11. The highest BCUT2D eigenvalue weighted by molar-refractivity contribution is 5.79. The number of likely N-dealkylation sites (tertiary alicyclic amines) is 1. The second kappa shape index (κ2) is 6.02. The van der Waals surface area contributed by atoms with Crippen molar-refractivity contribution in [1.82, 2.24) is 10.2 Å². The molecule has 2 N–H and O–H groups in total. The number of nitrogens with zero attached hydrogens (tertiary/aromatic N) is 1. The predicted molar refractivity (Wildman–Crippen MR) is 80.9 cm³/mol. The van der Waals surface area contributed by atoms with E-state index in [4.69, 9.17) is 0 Å². The van der Waals surface area contributed by atoms with Crippen molar-refractivity contribution in [3.8, 4) is 0 Å². The third-order valence-corrected chi connectivity index (χ3v) is 5.07. The molecule has 1 saturated carbocycles. The van der Waals surface area contributed by atoms with Crippen LogP contribution in [0.2, 0.25) is 0 Å². The zero-order chi connectivity index (χ0) is 14.8. The van der Waals surface area contributed by atoms with Crippen LogP contribution in [0, 0.1) is 5.41 Å². The third kappa shape index (κ3) is 3.34. The van der Waals surface area contributed by atoms with Gasteiger partial charge in [-0.15, -0.1) is 0 Å². The van der Waals surface area contributed by atoms with Gasteiger partial charge in [0.2, 0.25) is 0 Å². The largest absolute Gasteiger partial charge is 0.480 e. The van der Waals surface area contributed by atoms with Crippen LogP contribution in [0.4, 0.5) is 0 Å². The van der Waals surface area contributed by atoms with Crippen LogP contribution in [0.3, 0.4) is 0 Å². The van der Waals surface area contributed by atoms with Crippen molar-refractivity contribution in [1.29, 1.82) is 0 Å². The van der Waals surface area contributed by atoms with Gasteiger partial charge in [-0.05, 0) is 57.0 Å². The summed E-state index contributed by atoms with van der Waals surface area (Å²) in [6, 6.07) is 0.436. The number of carboxylic acids is 1. The highest BCUT2D eigenvalue weighted by Crippen LogP contribution is 2.37. The molecule has 2 rings (SSSR count). The Labute approximate surface area is 122 Å². The number of rotatable bonds is 5. The zero-order valence-corrected chi connectivity index (χ0v) is 13.2. The predicted octanol–water partition coefficient (Wildman–Crippen LogP) is 2.48. The second-order valence-electron chi connectivity index (χ2n) is 7.45. The fourth-order valence-electron chi connectivity index (χ4n) is 3.82. The summed E-state index contributed by atoms with van der Waals surface area (Å²) in [6.45, 7) is 9.75. The summed E-state index contributed by atoms with van der Waals surface area (Å²) in [5.41, 5.74) is -0.300. The van der Waals surface area contributed by atoms with E-state index in [0.717, 1.165) is 51.7 Å². The number of aliphatic carboxylic acids is 1. The van der Waals surface area contributed by atoms with Gasteiger partial charge in [-0.25, -0.2) is 0 Å². The minimum absolute atomic E-state index is 0.389. The van der Waals surface area contributed by atoms with Gasteiger partial charge < -0.3 is 10.4 Å². The molecule has 1 heterocycles. The lowest BCUT2D eigenvalue weighted by atomic mass is 9.78. The summed E-state index contributed by atoms with van der Waals surface area (Å²) >= 11 is 0. The van der Waals surface area contributed by atoms with E-state index in [0.29, 0.717) is 11.5 Å². The van der Waals surface area contributed by atoms with Gasteiger partial charge in [-0.2, -0.15) is 0 Å². The maximum Gasteiger partial charge on any atom is 0.323 e. The number of carboxylic acid groups (broad SMARTS) is 1. The molecule has 0 aromatic carbocycles. The Bertz CT molecular complexity index is 356. The highest BCUT2D eigenvalue weighted by atomic mass is 16.4. The van der Waals surface area contributed by atoms with Crippen LogP contribution < -0.4 is 5.32 Å². The Morgan fingerprint density at radius 1 is 1.40 bits per heavy atom. The van der Waals surface area contributed by atoms with E-state index in [1.807, 2.05) is 0 Å². The van der Waals surface area contributed by atoms with Gasteiger partial charge in [0.1, 0.15) is 5.54 Å². The molecule has 1 aliphatic carbocycles. The Hall–Kier alpha value is -0.610. The number of nitrogens with one attached hydrogen (secondary N) is 1. The van der Waals surface area contributed by atoms with Crippen LogP contribution in [0.25, 0.3) is 0 Å². The van der Waals surface area contributed by atoms with Crippen molar-refractivity contribution < 1.29 is 9.90 Å². The van der Waals surface area contributed by atoms with Gasteiger partial charge in [-0.3, -0.25) is 9.69 Å². The lowest BCUT2D eigenvalue weighted by Crippen LogP contribution is -2.58. The fourth-order valence-corrected chi connectivity index (χ4v) is 3.82. The molecule has 4 nitrogen and oxygen atoms in total. The molecule has 2 aliphatic rings. The molecule has 2 fully saturated rings. The quantitative estimate of drug-likeness (QED) is 0.813. The van der Waals surface area contributed by atoms with Gasteiger partial charge >= 0.3 is 5.97 Å². The zero-order valence-electron chi connectivity index (χ0n) is 13.2. The van der Waals surface area contributed by atoms with Crippen molar-refractivity contribution in [3.05, 3.63) is 0 Å². The maximum absolute atomic E-state index is 11.8. The summed E-state index contributed by atoms with van der Waals surface area (Å²) in [7, 11) is 0. The average molecular weight is 282 g/mol. The minimum atomic E-state index is -0.689. The Kier molecular flexibility index (Phi) is 4.75. The van der Waals surface area contributed by atoms with Gasteiger partial charge in [0.25, 0.3) is 0 Å². The molecule has 0 aromatic rings. The van der Waals surface area contributed by atoms with Gasteiger partial charge in [0, 0.05) is 12.6 Å². The Morgan fingerprint density at radius 2 is 2.15 bits per heavy atom. The Balaban J connectivity index is 2.04. The van der Waals surface area contributed by atoms with E-state index in [1.54, 1.807) is 0 Å². The summed E-state index contributed by atoms with van der Waals surface area (Å²) in [5.74, 6) is -0.658. The second-order valence-corrected chi connectivity index (χ2v) is 7.45. The van der Waals surface area contributed by atoms with E-state index in [9.17, 15) is 9.90 Å². The van der Waals surface area contributed by atoms with Crippen LogP contribution in [-0.2, 0) is 4.79 Å². The van der Waals surface area contributed by atoms with Crippen molar-refractivity contribution in [2.75, 3.05) is 19.6 Å². The first-order valence-electron chi connectivity index (χ1n) is 8.11. The van der Waals surface area contributed by atoms with Gasteiger partial charge in [0.05, 0.1) is 0 Å². The first-order chi connectivity index (χ1) is 9.38. The summed E-state index contributed by atoms with van der Waals surface area (Å²) in [5, 5.41) is 13.0. The number of carbonyl (C=O) groups is 1. The van der Waals surface area contributed by atoms with Crippen molar-refractivity contribution >= 4 is 5.97 Å². The number of hydrogen-bond donors (Lipinski definition) is 2. The first kappa shape index (κ1) is 15.8. The summed E-state index contributed by atoms with van der Waals surface area (Å²) in [4.78, 5) is 14.3. The van der Waals surface area contributed by atoms with Gasteiger partial charge in [0.15, 0.2) is 0 Å². The molecule has 20 heavy (non-hydrogen) atoms. The van der Waals surface area contributed by atoms with Crippen LogP contribution in [-0.4, -0.2) is 47.2 Å². The van der Waals surface area contributed by atoms with Crippen LogP contribution in [0.5, 0.6) is 0 Å². The topological polar surface area (TPSA) is 52.6 Å². The maximum atomic E-state index is 11.8. The van der Waals surface area contributed by atoms with E-state index in [1.165, 1.54) is 6.42 Å². The van der Waals surface area contributed by atoms with Gasteiger partial charge in [-0.1, -0.05) is 20.8 Å². The van der Waals surface area contributed by atoms with Crippen molar-refractivity contribution in [2.24, 2.45) is 5.41 Å². The van der Waals surface area contributed by atoms with E-state index >= 15 is 0 Å². The molecule has 0 aromatic heterocycles. The Morgan fingerprint density at radius 3 is 2.70 bits per heavy atom. The molecule has 2 unspecified atom stereocenters. The van der Waals surface area contributed by atoms with E-state index < -0.39 is 11.5 Å². The van der Waals surface area contributed by atoms with E-state index in [2.05, 4.69) is 31.0 Å². The van der Waals surface area contributed by atoms with Crippen molar-refractivity contribution in [2.45, 2.75) is 70.9 Å². The lowest BCUT2D eigenvalue weighted by molar-refractivity contribution is -0.147. The standard InChI is InChI=1S/C16H30N2O2/c1-4-9-17-16(14(19)20)7-5-6-13(11-16)18-10-8-15(2,3)12-18/h13,17H,4-12H2,1-3H3,(H,19,20). The molecule has 4 heteroatoms.